The monoisotopic (exact) mass is 340 g/mol. The van der Waals surface area contributed by atoms with Crippen LogP contribution in [0.25, 0.3) is 0 Å². The van der Waals surface area contributed by atoms with Gasteiger partial charge in [-0.1, -0.05) is 13.3 Å². The molecule has 0 aromatic heterocycles. The van der Waals surface area contributed by atoms with E-state index < -0.39 is 24.2 Å². The van der Waals surface area contributed by atoms with Gasteiger partial charge in [0.2, 0.25) is 11.8 Å². The van der Waals surface area contributed by atoms with Crippen molar-refractivity contribution in [1.82, 2.24) is 16.0 Å². The average molecular weight is 340 g/mol. The standard InChI is InChI=1S/C17H29FN4O2/c1-9-5-6-11(18)10-8-13(21-14(9)10)17(24)22-15(16(19)23)12-4-2-3-7-20-12/h9-15,20-21H,2-8H2,1H3,(H2,19,23)(H,22,24). The fraction of sp³-hybridized carbons (Fsp3) is 0.882. The van der Waals surface area contributed by atoms with Gasteiger partial charge in [0.15, 0.2) is 0 Å². The number of halogens is 1. The van der Waals surface area contributed by atoms with Gasteiger partial charge in [-0.15, -0.1) is 0 Å². The summed E-state index contributed by atoms with van der Waals surface area (Å²) in [5.74, 6) is -0.494. The molecule has 7 unspecified atom stereocenters. The number of alkyl halides is 1. The van der Waals surface area contributed by atoms with Crippen LogP contribution in [0.5, 0.6) is 0 Å². The van der Waals surface area contributed by atoms with Crippen molar-refractivity contribution in [3.63, 3.8) is 0 Å². The van der Waals surface area contributed by atoms with E-state index >= 15 is 0 Å². The molecule has 0 aromatic rings. The van der Waals surface area contributed by atoms with Crippen LogP contribution < -0.4 is 21.7 Å². The minimum atomic E-state index is -0.844. The Morgan fingerprint density at radius 1 is 1.25 bits per heavy atom. The van der Waals surface area contributed by atoms with Gasteiger partial charge in [-0.05, 0) is 44.6 Å². The van der Waals surface area contributed by atoms with Gasteiger partial charge in [0.05, 0.1) is 6.04 Å². The fourth-order valence-electron chi connectivity index (χ4n) is 4.59. The number of hydrogen-bond donors (Lipinski definition) is 4. The highest BCUT2D eigenvalue weighted by atomic mass is 19.1. The Bertz CT molecular complexity index is 465. The first-order valence-corrected chi connectivity index (χ1v) is 9.20. The van der Waals surface area contributed by atoms with Crippen molar-refractivity contribution in [2.45, 2.75) is 75.8 Å². The normalized spacial score (nSPS) is 40.6. The van der Waals surface area contributed by atoms with Crippen molar-refractivity contribution in [2.75, 3.05) is 6.54 Å². The zero-order chi connectivity index (χ0) is 17.3. The van der Waals surface area contributed by atoms with E-state index in [1.165, 1.54) is 0 Å². The Kier molecular flexibility index (Phi) is 5.39. The number of hydrogen-bond acceptors (Lipinski definition) is 4. The van der Waals surface area contributed by atoms with Crippen LogP contribution in [-0.2, 0) is 9.59 Å². The lowest BCUT2D eigenvalue weighted by Gasteiger charge is -2.33. The van der Waals surface area contributed by atoms with Crippen LogP contribution in [0.2, 0.25) is 0 Å². The average Bonchev–Trinajstić information content (AvgIpc) is 3.03. The van der Waals surface area contributed by atoms with Crippen LogP contribution in [0.15, 0.2) is 0 Å². The van der Waals surface area contributed by atoms with Crippen LogP contribution in [0.1, 0.15) is 45.4 Å². The number of carbonyl (C=O) groups excluding carboxylic acids is 2. The molecule has 3 rings (SSSR count). The molecular weight excluding hydrogens is 311 g/mol. The zero-order valence-electron chi connectivity index (χ0n) is 14.3. The summed E-state index contributed by atoms with van der Waals surface area (Å²) in [6.07, 6.45) is 3.98. The van der Waals surface area contributed by atoms with Crippen LogP contribution in [0.3, 0.4) is 0 Å². The van der Waals surface area contributed by atoms with Crippen LogP contribution in [0, 0.1) is 11.8 Å². The molecule has 1 saturated carbocycles. The maximum absolute atomic E-state index is 14.2. The molecule has 2 heterocycles. The second-order valence-electron chi connectivity index (χ2n) is 7.66. The summed E-state index contributed by atoms with van der Waals surface area (Å²) >= 11 is 0. The lowest BCUT2D eigenvalue weighted by Crippen LogP contribution is -2.60. The largest absolute Gasteiger partial charge is 0.368 e. The first-order chi connectivity index (χ1) is 11.5. The van der Waals surface area contributed by atoms with E-state index in [9.17, 15) is 14.0 Å². The van der Waals surface area contributed by atoms with Gasteiger partial charge in [-0.3, -0.25) is 9.59 Å². The third-order valence-corrected chi connectivity index (χ3v) is 6.01. The summed E-state index contributed by atoms with van der Waals surface area (Å²) in [4.78, 5) is 24.4. The van der Waals surface area contributed by atoms with E-state index in [-0.39, 0.29) is 23.9 Å². The fourth-order valence-corrected chi connectivity index (χ4v) is 4.59. The maximum atomic E-state index is 14.2. The van der Waals surface area contributed by atoms with Gasteiger partial charge in [0.25, 0.3) is 0 Å². The summed E-state index contributed by atoms with van der Waals surface area (Å²) in [7, 11) is 0. The Morgan fingerprint density at radius 3 is 2.67 bits per heavy atom. The van der Waals surface area contributed by atoms with Crippen LogP contribution in [-0.4, -0.2) is 48.7 Å². The van der Waals surface area contributed by atoms with E-state index in [2.05, 4.69) is 22.9 Å². The van der Waals surface area contributed by atoms with Gasteiger partial charge in [0.1, 0.15) is 12.2 Å². The molecule has 1 aliphatic carbocycles. The van der Waals surface area contributed by atoms with Crippen molar-refractivity contribution in [3.05, 3.63) is 0 Å². The molecular formula is C17H29FN4O2. The number of fused-ring (bicyclic) bond motifs is 1. The number of rotatable bonds is 4. The lowest BCUT2D eigenvalue weighted by molar-refractivity contribution is -0.129. The molecule has 0 radical (unpaired) electrons. The Morgan fingerprint density at radius 2 is 2.04 bits per heavy atom. The number of primary amides is 1. The molecule has 6 nitrogen and oxygen atoms in total. The molecule has 3 aliphatic rings. The molecule has 0 aromatic carbocycles. The van der Waals surface area contributed by atoms with E-state index in [0.29, 0.717) is 18.8 Å². The van der Waals surface area contributed by atoms with Gasteiger partial charge < -0.3 is 21.7 Å². The molecule has 0 bridgehead atoms. The van der Waals surface area contributed by atoms with Crippen LogP contribution in [0.4, 0.5) is 4.39 Å². The molecule has 7 atom stereocenters. The van der Waals surface area contributed by atoms with Crippen molar-refractivity contribution in [3.8, 4) is 0 Å². The number of nitrogens with one attached hydrogen (secondary N) is 3. The summed E-state index contributed by atoms with van der Waals surface area (Å²) in [5, 5.41) is 9.37. The van der Waals surface area contributed by atoms with Gasteiger partial charge >= 0.3 is 0 Å². The van der Waals surface area contributed by atoms with Gasteiger partial charge in [-0.25, -0.2) is 4.39 Å². The molecule has 0 spiro atoms. The molecule has 24 heavy (non-hydrogen) atoms. The highest BCUT2D eigenvalue weighted by molar-refractivity contribution is 5.89. The van der Waals surface area contributed by atoms with Gasteiger partial charge in [0, 0.05) is 18.0 Å². The SMILES string of the molecule is CC1CCC(F)C2CC(C(=O)NC(C(N)=O)C3CCCCN3)NC12. The van der Waals surface area contributed by atoms with E-state index in [4.69, 9.17) is 5.73 Å². The molecule has 5 N–H and O–H groups in total. The molecule has 2 saturated heterocycles. The molecule has 2 aliphatic heterocycles. The minimum Gasteiger partial charge on any atom is -0.368 e. The Balaban J connectivity index is 1.62. The lowest BCUT2D eigenvalue weighted by atomic mass is 9.77. The summed E-state index contributed by atoms with van der Waals surface area (Å²) in [6.45, 7) is 2.94. The highest BCUT2D eigenvalue weighted by Gasteiger charge is 2.46. The first-order valence-electron chi connectivity index (χ1n) is 9.20. The highest BCUT2D eigenvalue weighted by Crippen LogP contribution is 2.38. The van der Waals surface area contributed by atoms with Crippen molar-refractivity contribution in [2.24, 2.45) is 17.6 Å². The molecule has 2 amide bonds. The summed E-state index contributed by atoms with van der Waals surface area (Å²) < 4.78 is 14.2. The van der Waals surface area contributed by atoms with E-state index in [1.54, 1.807) is 0 Å². The second kappa shape index (κ2) is 7.35. The third kappa shape index (κ3) is 3.57. The number of piperidine rings is 1. The smallest absolute Gasteiger partial charge is 0.241 e. The van der Waals surface area contributed by atoms with Crippen molar-refractivity contribution >= 4 is 11.8 Å². The van der Waals surface area contributed by atoms with Crippen molar-refractivity contribution in [1.29, 1.82) is 0 Å². The Labute approximate surface area is 142 Å². The van der Waals surface area contributed by atoms with E-state index in [1.807, 2.05) is 0 Å². The number of amides is 2. The number of nitrogens with two attached hydrogens (primary N) is 1. The first kappa shape index (κ1) is 17.6. The maximum Gasteiger partial charge on any atom is 0.241 e. The third-order valence-electron chi connectivity index (χ3n) is 6.01. The zero-order valence-corrected chi connectivity index (χ0v) is 14.3. The quantitative estimate of drug-likeness (QED) is 0.588. The van der Waals surface area contributed by atoms with Crippen molar-refractivity contribution < 1.29 is 14.0 Å². The predicted octanol–water partition coefficient (Wildman–Crippen LogP) is 0.213. The molecule has 136 valence electrons. The molecule has 3 fully saturated rings. The summed E-state index contributed by atoms with van der Waals surface area (Å²) in [5.41, 5.74) is 5.50. The van der Waals surface area contributed by atoms with Gasteiger partial charge in [-0.2, -0.15) is 0 Å². The second-order valence-corrected chi connectivity index (χ2v) is 7.66. The minimum absolute atomic E-state index is 0.0457. The van der Waals surface area contributed by atoms with Crippen LogP contribution >= 0.6 is 0 Å². The molecule has 7 heteroatoms. The topological polar surface area (TPSA) is 96.2 Å². The van der Waals surface area contributed by atoms with E-state index in [0.717, 1.165) is 32.2 Å². The number of carbonyl (C=O) groups is 2. The predicted molar refractivity (Wildman–Crippen MR) is 88.9 cm³/mol. The summed E-state index contributed by atoms with van der Waals surface area (Å²) in [6, 6.07) is -1.22. The Hall–Kier alpha value is -1.21.